The lowest BCUT2D eigenvalue weighted by Gasteiger charge is -2.43. The number of methoxy groups -OCH3 is 2. The predicted octanol–water partition coefficient (Wildman–Crippen LogP) is 5.54. The van der Waals surface area contributed by atoms with Crippen molar-refractivity contribution in [2.75, 3.05) is 20.8 Å². The molecule has 4 rings (SSSR count). The number of carbonyl (C=O) groups is 1. The molecule has 3 atom stereocenters. The summed E-state index contributed by atoms with van der Waals surface area (Å²) in [6.45, 7) is 5.81. The van der Waals surface area contributed by atoms with E-state index in [4.69, 9.17) is 9.47 Å². The van der Waals surface area contributed by atoms with Gasteiger partial charge < -0.3 is 9.47 Å². The zero-order chi connectivity index (χ0) is 22.9. The van der Waals surface area contributed by atoms with Gasteiger partial charge in [-0.1, -0.05) is 36.8 Å². The van der Waals surface area contributed by atoms with Gasteiger partial charge in [-0.2, -0.15) is 0 Å². The number of Topliss-reactive ketones (excluding diaryl/α,β-unsaturated/α-hetero) is 1. The number of ketones is 1. The monoisotopic (exact) mass is 439 g/mol. The molecule has 0 saturated carbocycles. The Balaban J connectivity index is 1.45. The molecule has 1 saturated heterocycles. The van der Waals surface area contributed by atoms with E-state index >= 15 is 4.39 Å². The van der Waals surface area contributed by atoms with Crippen LogP contribution < -0.4 is 9.47 Å². The van der Waals surface area contributed by atoms with Crippen molar-refractivity contribution in [3.05, 3.63) is 58.7 Å². The third-order valence-corrected chi connectivity index (χ3v) is 7.23. The minimum Gasteiger partial charge on any atom is -0.493 e. The van der Waals surface area contributed by atoms with E-state index in [1.54, 1.807) is 20.3 Å². The van der Waals surface area contributed by atoms with Gasteiger partial charge in [-0.25, -0.2) is 4.39 Å². The summed E-state index contributed by atoms with van der Waals surface area (Å²) in [7, 11) is 3.15. The first-order valence-corrected chi connectivity index (χ1v) is 11.6. The van der Waals surface area contributed by atoms with Crippen LogP contribution in [0.25, 0.3) is 0 Å². The molecule has 1 fully saturated rings. The largest absolute Gasteiger partial charge is 0.493 e. The van der Waals surface area contributed by atoms with Crippen molar-refractivity contribution in [2.24, 2.45) is 5.92 Å². The van der Waals surface area contributed by atoms with Crippen LogP contribution in [-0.4, -0.2) is 43.2 Å². The molecule has 4 nitrogen and oxygen atoms in total. The summed E-state index contributed by atoms with van der Waals surface area (Å²) in [5.74, 6) is 0.886. The van der Waals surface area contributed by atoms with Crippen LogP contribution in [-0.2, 0) is 13.0 Å². The molecular formula is C27H34FNO3. The van der Waals surface area contributed by atoms with Crippen LogP contribution in [0, 0.1) is 12.8 Å². The fraction of sp³-hybridized carbons (Fsp3) is 0.519. The number of benzene rings is 2. The Morgan fingerprint density at radius 2 is 1.91 bits per heavy atom. The van der Waals surface area contributed by atoms with Crippen molar-refractivity contribution in [1.82, 2.24) is 4.90 Å². The Bertz CT molecular complexity index is 991. The average Bonchev–Trinajstić information content (AvgIpc) is 3.08. The van der Waals surface area contributed by atoms with Crippen molar-refractivity contribution in [3.63, 3.8) is 0 Å². The summed E-state index contributed by atoms with van der Waals surface area (Å²) in [4.78, 5) is 15.5. The molecular weight excluding hydrogens is 405 g/mol. The molecule has 0 spiro atoms. The third kappa shape index (κ3) is 4.54. The molecule has 0 bridgehead atoms. The number of piperidine rings is 1. The third-order valence-electron chi connectivity index (χ3n) is 7.23. The number of fused-ring (bicyclic) bond motifs is 1. The van der Waals surface area contributed by atoms with Crippen molar-refractivity contribution in [2.45, 2.75) is 64.2 Å². The summed E-state index contributed by atoms with van der Waals surface area (Å²) < 4.78 is 26.8. The summed E-state index contributed by atoms with van der Waals surface area (Å²) in [6, 6.07) is 12.4. The number of aryl methyl sites for hydroxylation is 1. The minimum atomic E-state index is -1.31. The van der Waals surface area contributed by atoms with Crippen molar-refractivity contribution >= 4 is 5.78 Å². The summed E-state index contributed by atoms with van der Waals surface area (Å²) in [5.41, 5.74) is 2.81. The van der Waals surface area contributed by atoms with Crippen LogP contribution in [0.2, 0.25) is 0 Å². The number of hydrogen-bond acceptors (Lipinski definition) is 4. The van der Waals surface area contributed by atoms with E-state index in [1.807, 2.05) is 6.07 Å². The number of carbonyl (C=O) groups excluding carboxylic acids is 1. The van der Waals surface area contributed by atoms with Crippen LogP contribution in [0.1, 0.15) is 59.7 Å². The molecule has 0 N–H and O–H groups in total. The Morgan fingerprint density at radius 1 is 1.16 bits per heavy atom. The van der Waals surface area contributed by atoms with E-state index in [-0.39, 0.29) is 17.7 Å². The normalized spacial score (nSPS) is 25.6. The van der Waals surface area contributed by atoms with Gasteiger partial charge in [0.25, 0.3) is 0 Å². The molecule has 1 aliphatic heterocycles. The van der Waals surface area contributed by atoms with Gasteiger partial charge in [0.1, 0.15) is 5.67 Å². The first-order valence-electron chi connectivity index (χ1n) is 11.6. The summed E-state index contributed by atoms with van der Waals surface area (Å²) >= 11 is 0. The fourth-order valence-electron chi connectivity index (χ4n) is 5.52. The number of hydrogen-bond donors (Lipinski definition) is 0. The Kier molecular flexibility index (Phi) is 6.57. The number of alkyl halides is 1. The van der Waals surface area contributed by atoms with Crippen LogP contribution >= 0.6 is 0 Å². The molecule has 1 heterocycles. The smallest absolute Gasteiger partial charge is 0.166 e. The molecule has 3 unspecified atom stereocenters. The maximum absolute atomic E-state index is 16.1. The van der Waals surface area contributed by atoms with Gasteiger partial charge >= 0.3 is 0 Å². The SMILES string of the molecule is CCC1CC(F)(CC2Cc3cc(OC)c(OC)cc3C2=O)CCN1Cc1cccc(C)c1. The van der Waals surface area contributed by atoms with Gasteiger partial charge in [0.05, 0.1) is 14.2 Å². The highest BCUT2D eigenvalue weighted by atomic mass is 19.1. The summed E-state index contributed by atoms with van der Waals surface area (Å²) in [6.07, 6.45) is 2.73. The van der Waals surface area contributed by atoms with Gasteiger partial charge in [0.2, 0.25) is 0 Å². The highest BCUT2D eigenvalue weighted by molar-refractivity contribution is 6.03. The highest BCUT2D eigenvalue weighted by Gasteiger charge is 2.44. The Morgan fingerprint density at radius 3 is 2.59 bits per heavy atom. The first kappa shape index (κ1) is 22.8. The number of nitrogens with zero attached hydrogens (tertiary/aromatic N) is 1. The Labute approximate surface area is 190 Å². The van der Waals surface area contributed by atoms with Gasteiger partial charge in [0, 0.05) is 30.6 Å². The van der Waals surface area contributed by atoms with E-state index in [0.717, 1.165) is 25.1 Å². The molecule has 0 amide bonds. The standard InChI is InChI=1S/C27H34FNO3/c1-5-22-16-27(28,9-10-29(22)17-19-8-6-7-18(2)11-19)15-21-12-20-13-24(31-3)25(32-4)14-23(20)26(21)30/h6-8,11,13-14,21-22H,5,9-10,12,15-17H2,1-4H3. The van der Waals surface area contributed by atoms with E-state index in [9.17, 15) is 4.79 Å². The number of likely N-dealkylation sites (tertiary alicyclic amines) is 1. The predicted molar refractivity (Wildman–Crippen MR) is 124 cm³/mol. The average molecular weight is 440 g/mol. The molecule has 0 radical (unpaired) electrons. The van der Waals surface area contributed by atoms with Crippen LogP contribution in [0.3, 0.4) is 0 Å². The molecule has 172 valence electrons. The molecule has 2 aliphatic rings. The summed E-state index contributed by atoms with van der Waals surface area (Å²) in [5, 5.41) is 0. The lowest BCUT2D eigenvalue weighted by Crippen LogP contribution is -2.48. The number of halogens is 1. The molecule has 1 aliphatic carbocycles. The zero-order valence-electron chi connectivity index (χ0n) is 19.6. The number of rotatable bonds is 7. The van der Waals surface area contributed by atoms with Gasteiger partial charge in [0.15, 0.2) is 17.3 Å². The molecule has 2 aromatic rings. The van der Waals surface area contributed by atoms with Gasteiger partial charge in [-0.3, -0.25) is 9.69 Å². The van der Waals surface area contributed by atoms with Crippen molar-refractivity contribution in [3.8, 4) is 11.5 Å². The fourth-order valence-corrected chi connectivity index (χ4v) is 5.52. The molecule has 0 aromatic heterocycles. The molecule has 32 heavy (non-hydrogen) atoms. The second kappa shape index (κ2) is 9.22. The maximum Gasteiger partial charge on any atom is 0.166 e. The van der Waals surface area contributed by atoms with Crippen molar-refractivity contribution < 1.29 is 18.7 Å². The Hall–Kier alpha value is -2.40. The maximum atomic E-state index is 16.1. The first-order chi connectivity index (χ1) is 15.4. The van der Waals surface area contributed by atoms with E-state index < -0.39 is 5.67 Å². The van der Waals surface area contributed by atoms with Crippen LogP contribution in [0.5, 0.6) is 11.5 Å². The van der Waals surface area contributed by atoms with Gasteiger partial charge in [-0.15, -0.1) is 0 Å². The van der Waals surface area contributed by atoms with Crippen LogP contribution in [0.15, 0.2) is 36.4 Å². The van der Waals surface area contributed by atoms with Crippen LogP contribution in [0.4, 0.5) is 4.39 Å². The van der Waals surface area contributed by atoms with E-state index in [1.165, 1.54) is 11.1 Å². The van der Waals surface area contributed by atoms with Gasteiger partial charge in [-0.05, 0) is 62.3 Å². The topological polar surface area (TPSA) is 38.8 Å². The molecule has 5 heteroatoms. The van der Waals surface area contributed by atoms with Crippen molar-refractivity contribution in [1.29, 1.82) is 0 Å². The number of ether oxygens (including phenoxy) is 2. The molecule has 2 aromatic carbocycles. The van der Waals surface area contributed by atoms with E-state index in [0.29, 0.717) is 42.7 Å². The second-order valence-electron chi connectivity index (χ2n) is 9.46. The minimum absolute atomic E-state index is 0.0354. The van der Waals surface area contributed by atoms with E-state index in [2.05, 4.69) is 43.0 Å². The zero-order valence-corrected chi connectivity index (χ0v) is 19.6. The highest BCUT2D eigenvalue weighted by Crippen LogP contribution is 2.43. The quantitative estimate of drug-likeness (QED) is 0.568. The lowest BCUT2D eigenvalue weighted by molar-refractivity contribution is -0.00191. The second-order valence-corrected chi connectivity index (χ2v) is 9.46. The lowest BCUT2D eigenvalue weighted by atomic mass is 9.79.